The Hall–Kier alpha value is -4.28. The molecule has 4 aromatic rings. The van der Waals surface area contributed by atoms with Crippen LogP contribution in [-0.4, -0.2) is 34.6 Å². The van der Waals surface area contributed by atoms with Crippen LogP contribution in [0.1, 0.15) is 52.9 Å². The monoisotopic (exact) mass is 493 g/mol. The van der Waals surface area contributed by atoms with E-state index in [-0.39, 0.29) is 17.3 Å². The maximum Gasteiger partial charge on any atom is 0.334 e. The molecule has 3 aromatic carbocycles. The Kier molecular flexibility index (Phi) is 5.62. The zero-order valence-corrected chi connectivity index (χ0v) is 20.3. The molecule has 1 fully saturated rings. The molecule has 0 saturated carbocycles. The van der Waals surface area contributed by atoms with Crippen molar-refractivity contribution in [3.05, 3.63) is 94.2 Å². The predicted molar refractivity (Wildman–Crippen MR) is 141 cm³/mol. The second-order valence-electron chi connectivity index (χ2n) is 9.54. The van der Waals surface area contributed by atoms with Gasteiger partial charge in [0.2, 0.25) is 0 Å². The Morgan fingerprint density at radius 1 is 1.11 bits per heavy atom. The number of hydrogen-bond donors (Lipinski definition) is 1. The highest BCUT2D eigenvalue weighted by molar-refractivity contribution is 6.09. The van der Waals surface area contributed by atoms with E-state index in [9.17, 15) is 14.3 Å². The van der Waals surface area contributed by atoms with Crippen molar-refractivity contribution in [2.24, 2.45) is 4.99 Å². The van der Waals surface area contributed by atoms with Gasteiger partial charge in [-0.2, -0.15) is 0 Å². The van der Waals surface area contributed by atoms with E-state index in [1.807, 2.05) is 6.92 Å². The highest BCUT2D eigenvalue weighted by Crippen LogP contribution is 2.47. The van der Waals surface area contributed by atoms with Crippen molar-refractivity contribution in [2.75, 3.05) is 13.2 Å². The van der Waals surface area contributed by atoms with Gasteiger partial charge >= 0.3 is 5.97 Å². The zero-order chi connectivity index (χ0) is 25.7. The minimum absolute atomic E-state index is 0.0783. The molecule has 0 amide bonds. The number of carboxylic acids is 1. The molecule has 3 heterocycles. The van der Waals surface area contributed by atoms with Crippen molar-refractivity contribution in [3.8, 4) is 16.8 Å². The topological polar surface area (TPSA) is 68.2 Å². The molecule has 2 aliphatic heterocycles. The average Bonchev–Trinajstić information content (AvgIpc) is 3.45. The number of ether oxygens (including phenoxy) is 1. The molecule has 37 heavy (non-hydrogen) atoms. The van der Waals surface area contributed by atoms with Gasteiger partial charge in [-0.15, -0.1) is 0 Å². The van der Waals surface area contributed by atoms with Crippen molar-refractivity contribution in [2.45, 2.75) is 32.2 Å². The number of benzene rings is 3. The van der Waals surface area contributed by atoms with Crippen LogP contribution in [0, 0.1) is 12.4 Å². The quantitative estimate of drug-likeness (QED) is 0.314. The lowest BCUT2D eigenvalue weighted by atomic mass is 9.88. The molecule has 1 N–H and O–H groups in total. The van der Waals surface area contributed by atoms with Gasteiger partial charge in [-0.1, -0.05) is 6.07 Å². The number of carbonyl (C=O) groups is 1. The van der Waals surface area contributed by atoms with Gasteiger partial charge in [0.1, 0.15) is 5.82 Å². The molecule has 0 bridgehead atoms. The van der Waals surface area contributed by atoms with E-state index in [2.05, 4.69) is 26.5 Å². The summed E-state index contributed by atoms with van der Waals surface area (Å²) < 4.78 is 21.8. The number of aliphatic imine (C=N–C) groups is 1. The van der Waals surface area contributed by atoms with E-state index in [4.69, 9.17) is 11.3 Å². The van der Waals surface area contributed by atoms with Crippen molar-refractivity contribution >= 4 is 28.3 Å². The molecule has 0 radical (unpaired) electrons. The van der Waals surface area contributed by atoms with Gasteiger partial charge in [0.05, 0.1) is 18.6 Å². The number of aromatic nitrogens is 1. The van der Waals surface area contributed by atoms with Crippen LogP contribution in [0.25, 0.3) is 32.6 Å². The number of hydrogen-bond acceptors (Lipinski definition) is 3. The molecule has 0 aliphatic carbocycles. The van der Waals surface area contributed by atoms with E-state index >= 15 is 0 Å². The number of halogens is 1. The fourth-order valence-electron chi connectivity index (χ4n) is 5.63. The summed E-state index contributed by atoms with van der Waals surface area (Å²) in [6.45, 7) is 11.7. The second kappa shape index (κ2) is 8.99. The summed E-state index contributed by atoms with van der Waals surface area (Å²) in [7, 11) is 0. The van der Waals surface area contributed by atoms with E-state index in [1.165, 1.54) is 18.2 Å². The largest absolute Gasteiger partial charge is 0.478 e. The van der Waals surface area contributed by atoms with Crippen LogP contribution in [0.15, 0.2) is 59.6 Å². The second-order valence-corrected chi connectivity index (χ2v) is 9.54. The lowest BCUT2D eigenvalue weighted by Gasteiger charge is -2.26. The smallest absolute Gasteiger partial charge is 0.334 e. The fourth-order valence-corrected chi connectivity index (χ4v) is 5.63. The van der Waals surface area contributed by atoms with Crippen molar-refractivity contribution in [3.63, 3.8) is 0 Å². The predicted octanol–water partition coefficient (Wildman–Crippen LogP) is 6.90. The van der Waals surface area contributed by atoms with Gasteiger partial charge in [0, 0.05) is 58.3 Å². The van der Waals surface area contributed by atoms with Gasteiger partial charge in [0.25, 0.3) is 0 Å². The molecule has 6 nitrogen and oxygen atoms in total. The summed E-state index contributed by atoms with van der Waals surface area (Å²) >= 11 is 0. The number of nitrogens with zero attached hydrogens (tertiary/aromatic N) is 3. The summed E-state index contributed by atoms with van der Waals surface area (Å²) in [6.07, 6.45) is 1.62. The van der Waals surface area contributed by atoms with E-state index in [0.29, 0.717) is 31.0 Å². The molecule has 0 unspecified atom stereocenters. The van der Waals surface area contributed by atoms with E-state index in [1.54, 1.807) is 24.3 Å². The minimum atomic E-state index is -1.07. The lowest BCUT2D eigenvalue weighted by molar-refractivity contribution is 0.0697. The molecular formula is C30H24FN3O3. The van der Waals surface area contributed by atoms with E-state index in [0.717, 1.165) is 57.5 Å². The summed E-state index contributed by atoms with van der Waals surface area (Å²) in [5.74, 6) is -1.24. The van der Waals surface area contributed by atoms with Crippen LogP contribution in [0.2, 0.25) is 0 Å². The van der Waals surface area contributed by atoms with Crippen LogP contribution >= 0.6 is 0 Å². The first-order valence-corrected chi connectivity index (χ1v) is 12.3. The molecule has 184 valence electrons. The number of carboxylic acid groups (broad SMARTS) is 1. The number of aromatic carboxylic acids is 1. The standard InChI is InChI=1S/C30H24FN3O3/c1-17-24-15-27-25(13-20(24)16-33-17)28(23-8-3-19(30(35)36)14-26(23)32-2)29(18-9-11-37-12-10-18)34(27)22-6-4-21(31)5-7-22/h3-8,13-15,18H,9-12,16H2,1H3,(H,35,36). The zero-order valence-electron chi connectivity index (χ0n) is 20.3. The maximum absolute atomic E-state index is 14.0. The molecule has 1 aromatic heterocycles. The summed E-state index contributed by atoms with van der Waals surface area (Å²) in [4.78, 5) is 20.0. The molecule has 6 rings (SSSR count). The molecule has 0 spiro atoms. The Bertz CT molecular complexity index is 1640. The maximum atomic E-state index is 14.0. The SMILES string of the molecule is [C-]#[N+]c1cc(C(=O)O)ccc1-c1c(C2CCOCC2)n(-c2ccc(F)cc2)c2cc3c(cc12)CN=C3C. The Morgan fingerprint density at radius 2 is 1.86 bits per heavy atom. The summed E-state index contributed by atoms with van der Waals surface area (Å²) in [5, 5.41) is 10.5. The van der Waals surface area contributed by atoms with Crippen LogP contribution in [0.5, 0.6) is 0 Å². The Morgan fingerprint density at radius 3 is 2.57 bits per heavy atom. The van der Waals surface area contributed by atoms with Gasteiger partial charge < -0.3 is 14.4 Å². The fraction of sp³-hybridized carbons (Fsp3) is 0.233. The highest BCUT2D eigenvalue weighted by atomic mass is 19.1. The lowest BCUT2D eigenvalue weighted by Crippen LogP contribution is -2.17. The van der Waals surface area contributed by atoms with Crippen LogP contribution < -0.4 is 0 Å². The third kappa shape index (κ3) is 3.81. The van der Waals surface area contributed by atoms with Gasteiger partial charge in [0.15, 0.2) is 5.69 Å². The molecule has 0 atom stereocenters. The molecule has 1 saturated heterocycles. The van der Waals surface area contributed by atoms with Crippen LogP contribution in [0.3, 0.4) is 0 Å². The number of fused-ring (bicyclic) bond motifs is 2. The average molecular weight is 494 g/mol. The van der Waals surface area contributed by atoms with Crippen molar-refractivity contribution in [1.29, 1.82) is 0 Å². The van der Waals surface area contributed by atoms with Crippen molar-refractivity contribution < 1.29 is 19.0 Å². The third-order valence-electron chi connectivity index (χ3n) is 7.43. The third-order valence-corrected chi connectivity index (χ3v) is 7.43. The van der Waals surface area contributed by atoms with Gasteiger partial charge in [-0.3, -0.25) is 4.99 Å². The Balaban J connectivity index is 1.75. The molecular weight excluding hydrogens is 469 g/mol. The normalized spacial score (nSPS) is 15.4. The Labute approximate surface area is 213 Å². The first kappa shape index (κ1) is 23.1. The van der Waals surface area contributed by atoms with Crippen LogP contribution in [0.4, 0.5) is 10.1 Å². The minimum Gasteiger partial charge on any atom is -0.478 e. The van der Waals surface area contributed by atoms with Gasteiger partial charge in [-0.05, 0) is 79.4 Å². The molecule has 2 aliphatic rings. The van der Waals surface area contributed by atoms with Gasteiger partial charge in [-0.25, -0.2) is 14.0 Å². The van der Waals surface area contributed by atoms with Crippen LogP contribution in [-0.2, 0) is 11.3 Å². The van der Waals surface area contributed by atoms with Crippen molar-refractivity contribution in [1.82, 2.24) is 4.57 Å². The number of rotatable bonds is 4. The highest BCUT2D eigenvalue weighted by Gasteiger charge is 2.30. The first-order valence-electron chi connectivity index (χ1n) is 12.3. The summed E-state index contributed by atoms with van der Waals surface area (Å²) in [5.41, 5.74) is 7.99. The first-order chi connectivity index (χ1) is 18.0. The van der Waals surface area contributed by atoms with E-state index < -0.39 is 5.97 Å². The summed E-state index contributed by atoms with van der Waals surface area (Å²) in [6, 6.07) is 15.5. The molecule has 7 heteroatoms.